The number of hydrogen-bond acceptors (Lipinski definition) is 12. The standard InChI is InChI=1S/C35H35F6N9O3/c36-34(37,38)23-1-3-28-30(15-23)46-7-5-32(28)49(21-26(52)18-43)13-11-48(10-9-45-20-25(51)17-42)12-14-50(22-27(53)19-44)33-6-8-47-31-16-24(35(39,40)41)2-4-29(31)33/h1-8,15-16,25-27,45,51-53H,9-14,20-22H2. The van der Waals surface area contributed by atoms with Gasteiger partial charge in [-0.15, -0.1) is 0 Å². The molecule has 12 nitrogen and oxygen atoms in total. The normalized spacial score (nSPS) is 13.6. The van der Waals surface area contributed by atoms with Crippen LogP contribution in [0.3, 0.4) is 0 Å². The van der Waals surface area contributed by atoms with E-state index in [1.54, 1.807) is 40.1 Å². The number of halogens is 6. The molecule has 2 aromatic carbocycles. The van der Waals surface area contributed by atoms with Crippen LogP contribution >= 0.6 is 0 Å². The van der Waals surface area contributed by atoms with Gasteiger partial charge in [0, 0.05) is 80.4 Å². The van der Waals surface area contributed by atoms with Gasteiger partial charge in [0.15, 0.2) is 18.3 Å². The van der Waals surface area contributed by atoms with Gasteiger partial charge in [-0.1, -0.05) is 12.1 Å². The average Bonchev–Trinajstić information content (AvgIpc) is 3.13. The van der Waals surface area contributed by atoms with Crippen LogP contribution in [0.5, 0.6) is 0 Å². The monoisotopic (exact) mass is 743 g/mol. The maximum absolute atomic E-state index is 13.4. The van der Waals surface area contributed by atoms with Crippen molar-refractivity contribution in [3.05, 3.63) is 72.1 Å². The molecule has 0 radical (unpaired) electrons. The van der Waals surface area contributed by atoms with E-state index in [0.717, 1.165) is 24.3 Å². The van der Waals surface area contributed by atoms with E-state index in [1.165, 1.54) is 24.5 Å². The smallest absolute Gasteiger partial charge is 0.377 e. The lowest BCUT2D eigenvalue weighted by Crippen LogP contribution is -2.45. The zero-order valence-corrected chi connectivity index (χ0v) is 28.1. The van der Waals surface area contributed by atoms with E-state index in [1.807, 2.05) is 4.90 Å². The first-order valence-electron chi connectivity index (χ1n) is 16.2. The van der Waals surface area contributed by atoms with Crippen molar-refractivity contribution in [3.63, 3.8) is 0 Å². The van der Waals surface area contributed by atoms with Gasteiger partial charge < -0.3 is 30.4 Å². The summed E-state index contributed by atoms with van der Waals surface area (Å²) in [5.74, 6) is 0. The van der Waals surface area contributed by atoms with Crippen molar-refractivity contribution in [3.8, 4) is 18.2 Å². The van der Waals surface area contributed by atoms with Crippen LogP contribution in [0.15, 0.2) is 60.9 Å². The lowest BCUT2D eigenvalue weighted by atomic mass is 10.1. The molecule has 0 aliphatic carbocycles. The fourth-order valence-electron chi connectivity index (χ4n) is 5.67. The minimum Gasteiger partial charge on any atom is -0.377 e. The van der Waals surface area contributed by atoms with Crippen LogP contribution in [0, 0.1) is 34.0 Å². The first kappa shape index (κ1) is 40.5. The SMILES string of the molecule is N#CC(O)CNCCN(CCN(CC(O)C#N)c1ccnc2cc(C(F)(F)F)ccc12)CCN(CC(O)C#N)c1ccnc2cc(C(F)(F)F)ccc12. The van der Waals surface area contributed by atoms with Crippen molar-refractivity contribution in [2.45, 2.75) is 30.7 Å². The second-order valence-corrected chi connectivity index (χ2v) is 12.0. The number of fused-ring (bicyclic) bond motifs is 2. The van der Waals surface area contributed by atoms with Gasteiger partial charge in [0.05, 0.1) is 53.5 Å². The number of rotatable bonds is 17. The fraction of sp³-hybridized carbons (Fsp3) is 0.400. The third kappa shape index (κ3) is 11.1. The molecule has 3 atom stereocenters. The second kappa shape index (κ2) is 18.0. The van der Waals surface area contributed by atoms with E-state index >= 15 is 0 Å². The molecule has 0 aliphatic heterocycles. The summed E-state index contributed by atoms with van der Waals surface area (Å²) < 4.78 is 80.6. The molecule has 0 amide bonds. The summed E-state index contributed by atoms with van der Waals surface area (Å²) in [5, 5.41) is 61.7. The Balaban J connectivity index is 1.64. The Kier molecular flexibility index (Phi) is 13.7. The predicted molar refractivity (Wildman–Crippen MR) is 182 cm³/mol. The third-order valence-corrected chi connectivity index (χ3v) is 8.32. The van der Waals surface area contributed by atoms with Gasteiger partial charge in [-0.2, -0.15) is 42.1 Å². The van der Waals surface area contributed by atoms with Crippen molar-refractivity contribution in [2.24, 2.45) is 0 Å². The number of aliphatic hydroxyl groups is 3. The molecule has 0 bridgehead atoms. The zero-order valence-electron chi connectivity index (χ0n) is 28.1. The van der Waals surface area contributed by atoms with Gasteiger partial charge in [0.25, 0.3) is 0 Å². The first-order chi connectivity index (χ1) is 25.1. The molecule has 53 heavy (non-hydrogen) atoms. The van der Waals surface area contributed by atoms with Crippen molar-refractivity contribution in [1.29, 1.82) is 15.8 Å². The Bertz CT molecular complexity index is 1850. The summed E-state index contributed by atoms with van der Waals surface area (Å²) in [6, 6.07) is 14.5. The van der Waals surface area contributed by atoms with Gasteiger partial charge in [-0.05, 0) is 36.4 Å². The minimum absolute atomic E-state index is 0.0306. The minimum atomic E-state index is -4.61. The number of nitrogens with one attached hydrogen (secondary N) is 1. The Hall–Kier alpha value is -5.29. The van der Waals surface area contributed by atoms with E-state index in [4.69, 9.17) is 5.26 Å². The highest BCUT2D eigenvalue weighted by Gasteiger charge is 2.32. The van der Waals surface area contributed by atoms with E-state index in [2.05, 4.69) is 15.3 Å². The van der Waals surface area contributed by atoms with Crippen LogP contribution in [0.4, 0.5) is 37.7 Å². The van der Waals surface area contributed by atoms with Gasteiger partial charge in [0.2, 0.25) is 0 Å². The summed E-state index contributed by atoms with van der Waals surface area (Å²) in [5.41, 5.74) is -0.879. The number of aliphatic hydroxyl groups excluding tert-OH is 3. The van der Waals surface area contributed by atoms with E-state index in [0.29, 0.717) is 28.7 Å². The van der Waals surface area contributed by atoms with Crippen LogP contribution in [0.1, 0.15) is 11.1 Å². The first-order valence-corrected chi connectivity index (χ1v) is 16.2. The van der Waals surface area contributed by atoms with Crippen LogP contribution < -0.4 is 15.1 Å². The van der Waals surface area contributed by atoms with Crippen LogP contribution in [0.25, 0.3) is 21.8 Å². The molecular weight excluding hydrogens is 708 g/mol. The van der Waals surface area contributed by atoms with Crippen LogP contribution in [0.2, 0.25) is 0 Å². The van der Waals surface area contributed by atoms with E-state index in [9.17, 15) is 52.2 Å². The molecule has 0 aliphatic rings. The topological polar surface area (TPSA) is 180 Å². The van der Waals surface area contributed by atoms with Crippen molar-refractivity contribution in [1.82, 2.24) is 20.2 Å². The van der Waals surface area contributed by atoms with Gasteiger partial charge in [-0.25, -0.2) is 0 Å². The third-order valence-electron chi connectivity index (χ3n) is 8.32. The summed E-state index contributed by atoms with van der Waals surface area (Å²) >= 11 is 0. The highest BCUT2D eigenvalue weighted by Crippen LogP contribution is 2.35. The molecule has 4 rings (SSSR count). The summed E-state index contributed by atoms with van der Waals surface area (Å²) in [7, 11) is 0. The number of anilines is 2. The number of aromatic nitrogens is 2. The highest BCUT2D eigenvalue weighted by atomic mass is 19.4. The zero-order chi connectivity index (χ0) is 38.8. The Labute approximate surface area is 300 Å². The van der Waals surface area contributed by atoms with Crippen molar-refractivity contribution >= 4 is 33.2 Å². The van der Waals surface area contributed by atoms with Crippen LogP contribution in [-0.2, 0) is 12.4 Å². The van der Waals surface area contributed by atoms with E-state index in [-0.39, 0.29) is 63.4 Å². The number of hydrogen-bond donors (Lipinski definition) is 4. The van der Waals surface area contributed by atoms with Crippen molar-refractivity contribution < 1.29 is 41.7 Å². The molecular formula is C35H35F6N9O3. The number of pyridine rings is 2. The van der Waals surface area contributed by atoms with Gasteiger partial charge in [-0.3, -0.25) is 14.9 Å². The number of nitrogens with zero attached hydrogens (tertiary/aromatic N) is 8. The maximum atomic E-state index is 13.4. The van der Waals surface area contributed by atoms with Gasteiger partial charge in [0.1, 0.15) is 0 Å². The summed E-state index contributed by atoms with van der Waals surface area (Å²) in [6.45, 7) is 0.865. The lowest BCUT2D eigenvalue weighted by molar-refractivity contribution is -0.138. The molecule has 0 spiro atoms. The number of alkyl halides is 6. The quantitative estimate of drug-likeness (QED) is 0.0702. The lowest BCUT2D eigenvalue weighted by Gasteiger charge is -2.33. The molecule has 280 valence electrons. The Morgan fingerprint density at radius 1 is 0.623 bits per heavy atom. The molecule has 18 heteroatoms. The molecule has 0 saturated carbocycles. The number of benzene rings is 2. The van der Waals surface area contributed by atoms with Crippen molar-refractivity contribution in [2.75, 3.05) is 68.7 Å². The van der Waals surface area contributed by atoms with E-state index < -0.39 is 41.8 Å². The molecule has 0 fully saturated rings. The van der Waals surface area contributed by atoms with Gasteiger partial charge >= 0.3 is 12.4 Å². The van der Waals surface area contributed by atoms with Crippen LogP contribution in [-0.4, -0.2) is 107 Å². The number of nitriles is 3. The Morgan fingerprint density at radius 2 is 1.06 bits per heavy atom. The Morgan fingerprint density at radius 3 is 1.45 bits per heavy atom. The average molecular weight is 744 g/mol. The summed E-state index contributed by atoms with van der Waals surface area (Å²) in [6.07, 6.45) is -10.8. The summed E-state index contributed by atoms with van der Waals surface area (Å²) in [4.78, 5) is 13.4. The largest absolute Gasteiger partial charge is 0.416 e. The molecule has 4 aromatic rings. The molecule has 2 heterocycles. The highest BCUT2D eigenvalue weighted by molar-refractivity contribution is 5.93. The fourth-order valence-corrected chi connectivity index (χ4v) is 5.67. The molecule has 3 unspecified atom stereocenters. The molecule has 2 aromatic heterocycles. The molecule has 4 N–H and O–H groups in total. The molecule has 0 saturated heterocycles. The second-order valence-electron chi connectivity index (χ2n) is 12.0. The maximum Gasteiger partial charge on any atom is 0.416 e. The predicted octanol–water partition coefficient (Wildman–Crippen LogP) is 3.68.